The average molecular weight is 268 g/mol. The van der Waals surface area contributed by atoms with Crippen molar-refractivity contribution in [2.45, 2.75) is 58.2 Å². The lowest BCUT2D eigenvalue weighted by Crippen LogP contribution is -2.36. The molecule has 1 fully saturated rings. The second-order valence-electron chi connectivity index (χ2n) is 5.31. The summed E-state index contributed by atoms with van der Waals surface area (Å²) in [4.78, 5) is 2.52. The molecule has 0 amide bonds. The zero-order valence-corrected chi connectivity index (χ0v) is 12.1. The summed E-state index contributed by atoms with van der Waals surface area (Å²) in [5, 5.41) is 10.7. The minimum Gasteiger partial charge on any atom is -0.508 e. The van der Waals surface area contributed by atoms with Crippen LogP contribution in [0, 0.1) is 0 Å². The normalized spacial score (nSPS) is 26.4. The molecule has 0 aromatic heterocycles. The van der Waals surface area contributed by atoms with Crippen molar-refractivity contribution in [3.8, 4) is 5.75 Å². The third kappa shape index (κ3) is 2.50. The summed E-state index contributed by atoms with van der Waals surface area (Å²) in [6.07, 6.45) is 3.66. The van der Waals surface area contributed by atoms with Crippen LogP contribution in [0.15, 0.2) is 18.2 Å². The smallest absolute Gasteiger partial charge is 0.120 e. The molecule has 0 saturated carbocycles. The van der Waals surface area contributed by atoms with Gasteiger partial charge >= 0.3 is 0 Å². The molecule has 1 aliphatic rings. The molecule has 0 aliphatic carbocycles. The van der Waals surface area contributed by atoms with Crippen molar-refractivity contribution in [2.75, 3.05) is 0 Å². The average Bonchev–Trinajstić information content (AvgIpc) is 2.72. The van der Waals surface area contributed by atoms with Crippen LogP contribution in [0.25, 0.3) is 0 Å². The Morgan fingerprint density at radius 2 is 2.17 bits per heavy atom. The van der Waals surface area contributed by atoms with Crippen LogP contribution >= 0.6 is 11.6 Å². The fraction of sp³-hybridized carbons (Fsp3) is 0.600. The molecule has 100 valence electrons. The summed E-state index contributed by atoms with van der Waals surface area (Å²) < 4.78 is 0. The molecule has 1 heterocycles. The van der Waals surface area contributed by atoms with Gasteiger partial charge in [0.05, 0.1) is 0 Å². The van der Waals surface area contributed by atoms with E-state index in [4.69, 9.17) is 11.6 Å². The SMILES string of the molecule is CCC1CCC(C)N1C(C)c1cc(Cl)ccc1O. The molecule has 0 bridgehead atoms. The number of halogens is 1. The molecule has 18 heavy (non-hydrogen) atoms. The highest BCUT2D eigenvalue weighted by Gasteiger charge is 2.34. The second kappa shape index (κ2) is 5.50. The maximum atomic E-state index is 10.0. The van der Waals surface area contributed by atoms with Gasteiger partial charge in [0, 0.05) is 28.7 Å². The van der Waals surface area contributed by atoms with E-state index in [-0.39, 0.29) is 6.04 Å². The van der Waals surface area contributed by atoms with Crippen molar-refractivity contribution in [2.24, 2.45) is 0 Å². The van der Waals surface area contributed by atoms with Crippen molar-refractivity contribution in [1.82, 2.24) is 4.90 Å². The van der Waals surface area contributed by atoms with Gasteiger partial charge in [-0.15, -0.1) is 0 Å². The number of rotatable bonds is 3. The van der Waals surface area contributed by atoms with E-state index >= 15 is 0 Å². The van der Waals surface area contributed by atoms with Crippen LogP contribution in [0.3, 0.4) is 0 Å². The van der Waals surface area contributed by atoms with Gasteiger partial charge in [-0.1, -0.05) is 18.5 Å². The molecule has 0 radical (unpaired) electrons. The predicted octanol–water partition coefficient (Wildman–Crippen LogP) is 4.37. The van der Waals surface area contributed by atoms with Crippen molar-refractivity contribution in [3.05, 3.63) is 28.8 Å². The maximum Gasteiger partial charge on any atom is 0.120 e. The molecular formula is C15H22ClNO. The van der Waals surface area contributed by atoms with Crippen LogP contribution in [0.5, 0.6) is 5.75 Å². The van der Waals surface area contributed by atoms with Gasteiger partial charge in [0.25, 0.3) is 0 Å². The zero-order valence-electron chi connectivity index (χ0n) is 11.4. The predicted molar refractivity (Wildman–Crippen MR) is 76.1 cm³/mol. The quantitative estimate of drug-likeness (QED) is 0.879. The van der Waals surface area contributed by atoms with Crippen molar-refractivity contribution in [1.29, 1.82) is 0 Å². The Hall–Kier alpha value is -0.730. The van der Waals surface area contributed by atoms with E-state index in [0.717, 1.165) is 12.0 Å². The summed E-state index contributed by atoms with van der Waals surface area (Å²) >= 11 is 6.04. The lowest BCUT2D eigenvalue weighted by Gasteiger charge is -2.34. The minimum absolute atomic E-state index is 0.214. The van der Waals surface area contributed by atoms with Gasteiger partial charge in [-0.2, -0.15) is 0 Å². The standard InChI is InChI=1S/C15H22ClNO/c1-4-13-7-5-10(2)17(13)11(3)14-9-12(16)6-8-15(14)18/h6,8-11,13,18H,4-5,7H2,1-3H3. The molecule has 1 aromatic rings. The first kappa shape index (κ1) is 13.7. The van der Waals surface area contributed by atoms with Gasteiger partial charge in [0.15, 0.2) is 0 Å². The molecule has 1 N–H and O–H groups in total. The highest BCUT2D eigenvalue weighted by atomic mass is 35.5. The van der Waals surface area contributed by atoms with E-state index in [1.54, 1.807) is 12.1 Å². The molecule has 1 saturated heterocycles. The summed E-state index contributed by atoms with van der Waals surface area (Å²) in [6, 6.07) is 6.72. The topological polar surface area (TPSA) is 23.5 Å². The third-order valence-electron chi connectivity index (χ3n) is 4.21. The van der Waals surface area contributed by atoms with Gasteiger partial charge in [-0.3, -0.25) is 4.90 Å². The number of nitrogens with zero attached hydrogens (tertiary/aromatic N) is 1. The molecule has 3 heteroatoms. The van der Waals surface area contributed by atoms with E-state index in [0.29, 0.717) is 22.9 Å². The Morgan fingerprint density at radius 3 is 2.83 bits per heavy atom. The van der Waals surface area contributed by atoms with Gasteiger partial charge < -0.3 is 5.11 Å². The first-order chi connectivity index (χ1) is 8.54. The van der Waals surface area contributed by atoms with E-state index in [9.17, 15) is 5.11 Å². The summed E-state index contributed by atoms with van der Waals surface area (Å²) in [7, 11) is 0. The number of phenolic OH excluding ortho intramolecular Hbond substituents is 1. The third-order valence-corrected chi connectivity index (χ3v) is 4.44. The van der Waals surface area contributed by atoms with Crippen LogP contribution in [0.4, 0.5) is 0 Å². The molecule has 0 spiro atoms. The maximum absolute atomic E-state index is 10.0. The Labute approximate surface area is 115 Å². The minimum atomic E-state index is 0.214. The number of benzene rings is 1. The van der Waals surface area contributed by atoms with E-state index in [1.165, 1.54) is 12.8 Å². The highest BCUT2D eigenvalue weighted by Crippen LogP contribution is 2.38. The molecule has 2 rings (SSSR count). The van der Waals surface area contributed by atoms with Gasteiger partial charge in [-0.05, 0) is 51.3 Å². The molecule has 2 nitrogen and oxygen atoms in total. The number of phenols is 1. The second-order valence-corrected chi connectivity index (χ2v) is 5.75. The molecule has 3 atom stereocenters. The molecular weight excluding hydrogens is 246 g/mol. The largest absolute Gasteiger partial charge is 0.508 e. The van der Waals surface area contributed by atoms with Crippen LogP contribution in [0.2, 0.25) is 5.02 Å². The fourth-order valence-electron chi connectivity index (χ4n) is 3.23. The van der Waals surface area contributed by atoms with Crippen LogP contribution < -0.4 is 0 Å². The first-order valence-corrected chi connectivity index (χ1v) is 7.18. The van der Waals surface area contributed by atoms with Gasteiger partial charge in [0.2, 0.25) is 0 Å². The van der Waals surface area contributed by atoms with E-state index in [1.807, 2.05) is 6.07 Å². The van der Waals surface area contributed by atoms with E-state index < -0.39 is 0 Å². The number of hydrogen-bond acceptors (Lipinski definition) is 2. The Bertz CT molecular complexity index is 421. The van der Waals surface area contributed by atoms with Crippen LogP contribution in [-0.2, 0) is 0 Å². The lowest BCUT2D eigenvalue weighted by atomic mass is 10.0. The molecule has 1 aromatic carbocycles. The Morgan fingerprint density at radius 1 is 1.44 bits per heavy atom. The van der Waals surface area contributed by atoms with E-state index in [2.05, 4.69) is 25.7 Å². The Balaban J connectivity index is 2.29. The van der Waals surface area contributed by atoms with Crippen LogP contribution in [0.1, 0.15) is 51.6 Å². The van der Waals surface area contributed by atoms with Crippen molar-refractivity contribution < 1.29 is 5.11 Å². The lowest BCUT2D eigenvalue weighted by molar-refractivity contribution is 0.142. The van der Waals surface area contributed by atoms with Crippen LogP contribution in [-0.4, -0.2) is 22.1 Å². The van der Waals surface area contributed by atoms with Gasteiger partial charge in [-0.25, -0.2) is 0 Å². The summed E-state index contributed by atoms with van der Waals surface area (Å²) in [6.45, 7) is 6.67. The van der Waals surface area contributed by atoms with Crippen molar-refractivity contribution >= 4 is 11.6 Å². The van der Waals surface area contributed by atoms with Crippen molar-refractivity contribution in [3.63, 3.8) is 0 Å². The Kier molecular flexibility index (Phi) is 4.18. The number of aromatic hydroxyl groups is 1. The monoisotopic (exact) mass is 267 g/mol. The molecule has 1 aliphatic heterocycles. The number of hydrogen-bond donors (Lipinski definition) is 1. The van der Waals surface area contributed by atoms with Gasteiger partial charge in [0.1, 0.15) is 5.75 Å². The first-order valence-electron chi connectivity index (χ1n) is 6.80. The zero-order chi connectivity index (χ0) is 13.3. The summed E-state index contributed by atoms with van der Waals surface area (Å²) in [5.74, 6) is 0.348. The fourth-order valence-corrected chi connectivity index (χ4v) is 3.41. The number of likely N-dealkylation sites (tertiary alicyclic amines) is 1. The summed E-state index contributed by atoms with van der Waals surface area (Å²) in [5.41, 5.74) is 0.940. The highest BCUT2D eigenvalue weighted by molar-refractivity contribution is 6.30. The molecule has 3 unspecified atom stereocenters.